The van der Waals surface area contributed by atoms with E-state index in [1.54, 1.807) is 6.08 Å². The van der Waals surface area contributed by atoms with Crippen LogP contribution in [-0.2, 0) is 14.3 Å². The third-order valence-corrected chi connectivity index (χ3v) is 18.1. The Morgan fingerprint density at radius 3 is 0.977 bits per heavy atom. The van der Waals surface area contributed by atoms with E-state index in [1.807, 2.05) is 6.08 Å². The zero-order chi connectivity index (χ0) is 62.1. The van der Waals surface area contributed by atoms with Crippen molar-refractivity contribution in [2.75, 3.05) is 13.2 Å². The van der Waals surface area contributed by atoms with Gasteiger partial charge in [-0.25, -0.2) is 0 Å². The normalized spacial score (nSPS) is 18.2. The average Bonchev–Trinajstić information content (AvgIpc) is 2.60. The summed E-state index contributed by atoms with van der Waals surface area (Å²) in [5.41, 5.74) is 0. The second-order valence-corrected chi connectivity index (χ2v) is 26.4. The average molecular weight is 1210 g/mol. The molecule has 0 aromatic heterocycles. The summed E-state index contributed by atoms with van der Waals surface area (Å²) in [4.78, 5) is 13.1. The number of aliphatic hydroxyl groups excluding tert-OH is 5. The maximum Gasteiger partial charge on any atom is 0.220 e. The molecular weight excluding hydrogens is 1070 g/mol. The van der Waals surface area contributed by atoms with E-state index < -0.39 is 49.5 Å². The van der Waals surface area contributed by atoms with E-state index in [1.165, 1.54) is 315 Å². The van der Waals surface area contributed by atoms with E-state index in [4.69, 9.17) is 9.47 Å². The summed E-state index contributed by atoms with van der Waals surface area (Å²) in [6.07, 6.45) is 83.9. The van der Waals surface area contributed by atoms with Crippen LogP contribution in [-0.4, -0.2) is 87.5 Å². The molecule has 0 radical (unpaired) electrons. The van der Waals surface area contributed by atoms with Crippen molar-refractivity contribution in [2.45, 2.75) is 423 Å². The van der Waals surface area contributed by atoms with E-state index in [9.17, 15) is 30.3 Å². The Kier molecular flexibility index (Phi) is 63.1. The molecule has 9 nitrogen and oxygen atoms in total. The monoisotopic (exact) mass is 1210 g/mol. The Morgan fingerprint density at radius 1 is 0.384 bits per heavy atom. The van der Waals surface area contributed by atoms with Crippen molar-refractivity contribution in [3.63, 3.8) is 0 Å². The smallest absolute Gasteiger partial charge is 0.220 e. The van der Waals surface area contributed by atoms with Crippen molar-refractivity contribution in [1.29, 1.82) is 0 Å². The van der Waals surface area contributed by atoms with Gasteiger partial charge in [-0.3, -0.25) is 4.79 Å². The van der Waals surface area contributed by atoms with Crippen LogP contribution in [0.3, 0.4) is 0 Å². The molecule has 1 saturated heterocycles. The van der Waals surface area contributed by atoms with Gasteiger partial charge in [0.15, 0.2) is 6.29 Å². The first-order valence-corrected chi connectivity index (χ1v) is 37.9. The Balaban J connectivity index is 2.12. The molecule has 1 aliphatic rings. The molecule has 0 saturated carbocycles. The van der Waals surface area contributed by atoms with Gasteiger partial charge in [-0.1, -0.05) is 351 Å². The molecule has 1 heterocycles. The van der Waals surface area contributed by atoms with Gasteiger partial charge in [-0.2, -0.15) is 0 Å². The largest absolute Gasteiger partial charge is 0.394 e. The summed E-state index contributed by atoms with van der Waals surface area (Å²) in [6, 6.07) is -0.830. The molecule has 7 unspecified atom stereocenters. The highest BCUT2D eigenvalue weighted by Gasteiger charge is 2.44. The number of allylic oxidation sites excluding steroid dienone is 7. The van der Waals surface area contributed by atoms with Gasteiger partial charge in [0.2, 0.25) is 5.91 Å². The molecule has 9 heteroatoms. The third-order valence-electron chi connectivity index (χ3n) is 18.1. The molecule has 0 aromatic carbocycles. The molecule has 1 fully saturated rings. The number of hydrogen-bond donors (Lipinski definition) is 6. The summed E-state index contributed by atoms with van der Waals surface area (Å²) in [5.74, 6) is -0.184. The lowest BCUT2D eigenvalue weighted by atomic mass is 9.99. The van der Waals surface area contributed by atoms with Crippen molar-refractivity contribution in [2.24, 2.45) is 0 Å². The second-order valence-electron chi connectivity index (χ2n) is 26.4. The Bertz CT molecular complexity index is 1500. The Labute approximate surface area is 533 Å². The quantitative estimate of drug-likeness (QED) is 0.0261. The fourth-order valence-corrected chi connectivity index (χ4v) is 12.2. The van der Waals surface area contributed by atoms with Crippen LogP contribution in [0.1, 0.15) is 380 Å². The number of aliphatic hydroxyl groups is 5. The van der Waals surface area contributed by atoms with Crippen LogP contribution in [0.5, 0.6) is 0 Å². The maximum atomic E-state index is 13.1. The van der Waals surface area contributed by atoms with E-state index in [2.05, 4.69) is 55.6 Å². The number of hydrogen-bond acceptors (Lipinski definition) is 8. The first-order chi connectivity index (χ1) is 42.3. The van der Waals surface area contributed by atoms with Gasteiger partial charge < -0.3 is 40.3 Å². The van der Waals surface area contributed by atoms with Crippen molar-refractivity contribution >= 4 is 5.91 Å². The molecule has 0 bridgehead atoms. The van der Waals surface area contributed by atoms with Crippen LogP contribution in [0.15, 0.2) is 48.6 Å². The predicted octanol–water partition coefficient (Wildman–Crippen LogP) is 21.1. The molecule has 1 aliphatic heterocycles. The molecule has 1 rings (SSSR count). The number of unbranched alkanes of at least 4 members (excludes halogenated alkanes) is 51. The number of ether oxygens (including phenoxy) is 2. The van der Waals surface area contributed by atoms with Crippen molar-refractivity contribution in [1.82, 2.24) is 5.32 Å². The number of carbonyl (C=O) groups excluding carboxylic acids is 1. The van der Waals surface area contributed by atoms with Crippen molar-refractivity contribution in [3.05, 3.63) is 48.6 Å². The minimum atomic E-state index is -1.58. The van der Waals surface area contributed by atoms with E-state index >= 15 is 0 Å². The lowest BCUT2D eigenvalue weighted by Gasteiger charge is -2.40. The van der Waals surface area contributed by atoms with Crippen molar-refractivity contribution < 1.29 is 39.8 Å². The Hall–Kier alpha value is -1.85. The molecule has 6 N–H and O–H groups in total. The molecule has 0 aliphatic carbocycles. The number of carbonyl (C=O) groups is 1. The van der Waals surface area contributed by atoms with E-state index in [0.717, 1.165) is 44.9 Å². The summed E-state index contributed by atoms with van der Waals surface area (Å²) in [5, 5.41) is 54.8. The predicted molar refractivity (Wildman–Crippen MR) is 369 cm³/mol. The van der Waals surface area contributed by atoms with Gasteiger partial charge in [0.25, 0.3) is 0 Å². The number of amides is 1. The maximum absolute atomic E-state index is 13.1. The van der Waals surface area contributed by atoms with Crippen molar-refractivity contribution in [3.8, 4) is 0 Å². The van der Waals surface area contributed by atoms with Crippen LogP contribution in [0.4, 0.5) is 0 Å². The summed E-state index contributed by atoms with van der Waals surface area (Å²) in [7, 11) is 0. The lowest BCUT2D eigenvalue weighted by Crippen LogP contribution is -2.60. The molecule has 0 aromatic rings. The molecule has 7 atom stereocenters. The highest BCUT2D eigenvalue weighted by atomic mass is 16.7. The minimum absolute atomic E-state index is 0.184. The SMILES string of the molecule is CCCCCCCCCC/C=C\CCCCCCCCCCCCCCCCCCCCCCCC(=O)NC(COC1OC(CO)C(O)C(O)C1O)C(O)/C=C/CC/C=C/CC/C=C/CCCCCCCCCCCCCCCCCCCCCC. The molecule has 0 spiro atoms. The van der Waals surface area contributed by atoms with Gasteiger partial charge >= 0.3 is 0 Å². The fraction of sp³-hybridized carbons (Fsp3) is 0.883. The molecule has 1 amide bonds. The highest BCUT2D eigenvalue weighted by molar-refractivity contribution is 5.76. The topological polar surface area (TPSA) is 149 Å². The van der Waals surface area contributed by atoms with Crippen LogP contribution < -0.4 is 5.32 Å². The van der Waals surface area contributed by atoms with E-state index in [0.29, 0.717) is 6.42 Å². The Morgan fingerprint density at radius 2 is 0.663 bits per heavy atom. The van der Waals surface area contributed by atoms with Gasteiger partial charge in [-0.15, -0.1) is 0 Å². The fourth-order valence-electron chi connectivity index (χ4n) is 12.2. The van der Waals surface area contributed by atoms with Gasteiger partial charge in [0.05, 0.1) is 25.4 Å². The molecule has 506 valence electrons. The lowest BCUT2D eigenvalue weighted by molar-refractivity contribution is -0.302. The van der Waals surface area contributed by atoms with Crippen LogP contribution >= 0.6 is 0 Å². The summed E-state index contributed by atoms with van der Waals surface area (Å²) < 4.78 is 11.3. The van der Waals surface area contributed by atoms with Crippen LogP contribution in [0.25, 0.3) is 0 Å². The zero-order valence-corrected chi connectivity index (χ0v) is 56.8. The van der Waals surface area contributed by atoms with Crippen LogP contribution in [0, 0.1) is 0 Å². The highest BCUT2D eigenvalue weighted by Crippen LogP contribution is 2.24. The standard InChI is InChI=1S/C77H145NO8/c1-3-5-7-9-11-13-15-17-19-21-23-25-27-29-31-33-35-36-37-39-41-43-45-47-49-51-53-55-57-59-61-63-65-67-73(81)78-70(69-85-77-76(84)75(83)74(82)72(68-79)86-77)71(80)66-64-62-60-58-56-54-52-50-48-46-44-42-40-38-34-32-30-28-26-24-22-20-18-16-14-12-10-8-6-4-2/h21,23,48,50,56,58,64,66,70-72,74-77,79-80,82-84H,3-20,22,24-47,49,51-55,57,59-63,65,67-69H2,1-2H3,(H,78,81)/b23-21-,50-48+,58-56+,66-64+. The van der Waals surface area contributed by atoms with E-state index in [-0.39, 0.29) is 12.5 Å². The number of rotatable bonds is 67. The zero-order valence-electron chi connectivity index (χ0n) is 56.8. The molecule has 86 heavy (non-hydrogen) atoms. The first-order valence-electron chi connectivity index (χ1n) is 37.9. The van der Waals surface area contributed by atoms with Gasteiger partial charge in [-0.05, 0) is 70.6 Å². The van der Waals surface area contributed by atoms with Crippen LogP contribution in [0.2, 0.25) is 0 Å². The molecular formula is C77H145NO8. The summed E-state index contributed by atoms with van der Waals surface area (Å²) in [6.45, 7) is 3.81. The first kappa shape index (κ1) is 82.2. The number of nitrogens with one attached hydrogen (secondary N) is 1. The second kappa shape index (κ2) is 66.1. The minimum Gasteiger partial charge on any atom is -0.394 e. The van der Waals surface area contributed by atoms with Gasteiger partial charge in [0, 0.05) is 6.42 Å². The third kappa shape index (κ3) is 53.9. The summed E-state index contributed by atoms with van der Waals surface area (Å²) >= 11 is 0. The van der Waals surface area contributed by atoms with Gasteiger partial charge in [0.1, 0.15) is 24.4 Å².